The molecule has 23 heavy (non-hydrogen) atoms. The van der Waals surface area contributed by atoms with Crippen LogP contribution in [0.1, 0.15) is 31.4 Å². The van der Waals surface area contributed by atoms with Gasteiger partial charge in [0.15, 0.2) is 5.75 Å². The van der Waals surface area contributed by atoms with Crippen LogP contribution in [0, 0.1) is 0 Å². The summed E-state index contributed by atoms with van der Waals surface area (Å²) in [5.74, 6) is -0.696. The number of phenols is 1. The van der Waals surface area contributed by atoms with Gasteiger partial charge in [-0.15, -0.1) is 0 Å². The maximum atomic E-state index is 11.7. The van der Waals surface area contributed by atoms with Crippen LogP contribution in [0.25, 0.3) is 5.57 Å². The molecule has 0 aromatic heterocycles. The second-order valence-electron chi connectivity index (χ2n) is 6.53. The summed E-state index contributed by atoms with van der Waals surface area (Å²) in [6.45, 7) is 2.63. The van der Waals surface area contributed by atoms with Gasteiger partial charge in [0.2, 0.25) is 0 Å². The van der Waals surface area contributed by atoms with E-state index in [1.807, 2.05) is 11.8 Å². The summed E-state index contributed by atoms with van der Waals surface area (Å²) in [4.78, 5) is 22.6. The molecule has 4 heterocycles. The maximum Gasteiger partial charge on any atom is 0.326 e. The molecule has 118 valence electrons. The largest absolute Gasteiger partial charge is 0.504 e. The monoisotopic (exact) mass is 312 g/mol. The van der Waals surface area contributed by atoms with E-state index in [1.54, 1.807) is 6.21 Å². The lowest BCUT2D eigenvalue weighted by Crippen LogP contribution is -2.54. The molecular formula is C16H16N4O3. The molecule has 0 saturated heterocycles. The summed E-state index contributed by atoms with van der Waals surface area (Å²) < 4.78 is 0. The second-order valence-corrected chi connectivity index (χ2v) is 6.53. The lowest BCUT2D eigenvalue weighted by Gasteiger charge is -2.43. The predicted octanol–water partition coefficient (Wildman–Crippen LogP) is -0.0643. The van der Waals surface area contributed by atoms with Crippen LogP contribution in [0.5, 0.6) is 5.75 Å². The average Bonchev–Trinajstić information content (AvgIpc) is 2.95. The van der Waals surface area contributed by atoms with Crippen LogP contribution in [0.15, 0.2) is 9.98 Å². The Morgan fingerprint density at radius 2 is 2.30 bits per heavy atom. The predicted molar refractivity (Wildman–Crippen MR) is 83.8 cm³/mol. The molecule has 4 aliphatic rings. The summed E-state index contributed by atoms with van der Waals surface area (Å²) in [6.07, 6.45) is 2.84. The highest BCUT2D eigenvalue weighted by molar-refractivity contribution is 6.11. The van der Waals surface area contributed by atoms with Crippen molar-refractivity contribution in [3.8, 4) is 5.75 Å². The first kappa shape index (κ1) is 13.1. The van der Waals surface area contributed by atoms with Gasteiger partial charge in [0.25, 0.3) is 0 Å². The van der Waals surface area contributed by atoms with E-state index in [9.17, 15) is 15.0 Å². The Hall–Kier alpha value is -2.41. The number of hydrogen-bond donors (Lipinski definition) is 3. The lowest BCUT2D eigenvalue weighted by molar-refractivity contribution is -0.138. The van der Waals surface area contributed by atoms with E-state index in [2.05, 4.69) is 15.3 Å². The molecule has 0 fully saturated rings. The van der Waals surface area contributed by atoms with Gasteiger partial charge in [-0.25, -0.2) is 4.79 Å². The number of anilines is 1. The van der Waals surface area contributed by atoms with Gasteiger partial charge >= 0.3 is 5.97 Å². The van der Waals surface area contributed by atoms with Crippen LogP contribution in [-0.4, -0.2) is 41.1 Å². The Labute approximate surface area is 131 Å². The summed E-state index contributed by atoms with van der Waals surface area (Å²) in [5, 5.41) is 25.2. The van der Waals surface area contributed by atoms with Crippen molar-refractivity contribution >= 4 is 29.1 Å². The van der Waals surface area contributed by atoms with Crippen molar-refractivity contribution in [3.63, 3.8) is 0 Å². The van der Waals surface area contributed by atoms with Crippen molar-refractivity contribution in [2.45, 2.75) is 38.0 Å². The molecule has 7 heteroatoms. The van der Waals surface area contributed by atoms with Gasteiger partial charge in [-0.3, -0.25) is 15.3 Å². The standard InChI is InChI=1S/C16H16N4O3/c1-6-18-8-2-3-20-9(16(22)23)4-7-5-17-12-10(7)14(20)11(8)13(19-6)15(12)21/h5-6,8-9,18,21H,2-4H2,1H3,(H,22,23). The Kier molecular flexibility index (Phi) is 2.33. The molecule has 3 N–H and O–H groups in total. The van der Waals surface area contributed by atoms with E-state index in [1.165, 1.54) is 0 Å². The first-order valence-electron chi connectivity index (χ1n) is 7.85. The minimum atomic E-state index is -0.820. The molecule has 0 radical (unpaired) electrons. The van der Waals surface area contributed by atoms with E-state index < -0.39 is 12.0 Å². The van der Waals surface area contributed by atoms with Crippen LogP contribution in [0.3, 0.4) is 0 Å². The summed E-state index contributed by atoms with van der Waals surface area (Å²) in [6, 6.07) is -0.488. The number of hydrogen-bond acceptors (Lipinski definition) is 6. The minimum Gasteiger partial charge on any atom is -0.504 e. The van der Waals surface area contributed by atoms with Crippen LogP contribution >= 0.6 is 0 Å². The minimum absolute atomic E-state index is 0.0807. The number of rotatable bonds is 1. The fourth-order valence-electron chi connectivity index (χ4n) is 4.33. The van der Waals surface area contributed by atoms with Crippen molar-refractivity contribution in [3.05, 3.63) is 16.1 Å². The van der Waals surface area contributed by atoms with E-state index in [0.29, 0.717) is 24.0 Å². The maximum absolute atomic E-state index is 11.7. The number of carboxylic acid groups (broad SMARTS) is 1. The Morgan fingerprint density at radius 3 is 3.09 bits per heavy atom. The molecule has 3 atom stereocenters. The fourth-order valence-corrected chi connectivity index (χ4v) is 4.33. The van der Waals surface area contributed by atoms with Gasteiger partial charge in [-0.1, -0.05) is 0 Å². The molecule has 0 spiro atoms. The summed E-state index contributed by atoms with van der Waals surface area (Å²) >= 11 is 0. The SMILES string of the molecule is CC1N=c2c(O)c3c4c5c2C(CCN5C(C(=O)O)CC=4C=N3)N1. The number of aromatic hydroxyl groups is 1. The van der Waals surface area contributed by atoms with Gasteiger partial charge in [-0.2, -0.15) is 0 Å². The van der Waals surface area contributed by atoms with Crippen LogP contribution < -0.4 is 20.8 Å². The third-order valence-electron chi connectivity index (χ3n) is 5.24. The molecule has 1 aromatic rings. The smallest absolute Gasteiger partial charge is 0.326 e. The van der Waals surface area contributed by atoms with E-state index in [4.69, 9.17) is 0 Å². The molecule has 1 aromatic carbocycles. The van der Waals surface area contributed by atoms with Crippen LogP contribution in [0.2, 0.25) is 0 Å². The van der Waals surface area contributed by atoms with E-state index >= 15 is 0 Å². The molecule has 0 aliphatic carbocycles. The second kappa shape index (κ2) is 4.11. The van der Waals surface area contributed by atoms with Crippen molar-refractivity contribution < 1.29 is 15.0 Å². The Morgan fingerprint density at radius 1 is 1.48 bits per heavy atom. The topological polar surface area (TPSA) is 97.5 Å². The number of carbonyl (C=O) groups is 1. The number of phenolic OH excluding ortho intramolecular Hbond substituents is 1. The summed E-state index contributed by atoms with van der Waals surface area (Å²) in [7, 11) is 0. The molecule has 7 nitrogen and oxygen atoms in total. The zero-order valence-corrected chi connectivity index (χ0v) is 12.6. The Bertz CT molecular complexity index is 920. The van der Waals surface area contributed by atoms with Crippen LogP contribution in [0.4, 0.5) is 11.4 Å². The number of aliphatic carboxylic acids is 1. The molecular weight excluding hydrogens is 296 g/mol. The zero-order chi connectivity index (χ0) is 15.9. The first-order valence-corrected chi connectivity index (χ1v) is 7.85. The highest BCUT2D eigenvalue weighted by Gasteiger charge is 2.42. The van der Waals surface area contributed by atoms with E-state index in [0.717, 1.165) is 28.5 Å². The third-order valence-corrected chi connectivity index (χ3v) is 5.24. The van der Waals surface area contributed by atoms with Crippen molar-refractivity contribution in [1.29, 1.82) is 0 Å². The quantitative estimate of drug-likeness (QED) is 0.675. The molecule has 0 bridgehead atoms. The average molecular weight is 312 g/mol. The first-order chi connectivity index (χ1) is 11.1. The van der Waals surface area contributed by atoms with Crippen molar-refractivity contribution in [1.82, 2.24) is 5.32 Å². The van der Waals surface area contributed by atoms with Gasteiger partial charge < -0.3 is 15.1 Å². The highest BCUT2D eigenvalue weighted by atomic mass is 16.4. The normalized spacial score (nSPS) is 29.3. The van der Waals surface area contributed by atoms with Crippen molar-refractivity contribution in [2.24, 2.45) is 9.98 Å². The third kappa shape index (κ3) is 1.50. The lowest BCUT2D eigenvalue weighted by atomic mass is 9.86. The fraction of sp³-hybridized carbons (Fsp3) is 0.438. The van der Waals surface area contributed by atoms with Gasteiger partial charge in [0, 0.05) is 36.0 Å². The zero-order valence-electron chi connectivity index (χ0n) is 12.6. The van der Waals surface area contributed by atoms with E-state index in [-0.39, 0.29) is 18.0 Å². The summed E-state index contributed by atoms with van der Waals surface area (Å²) in [5.41, 5.74) is 3.27. The number of benzene rings is 1. The van der Waals surface area contributed by atoms with Crippen molar-refractivity contribution in [2.75, 3.05) is 11.4 Å². The molecule has 5 rings (SSSR count). The van der Waals surface area contributed by atoms with Gasteiger partial charge in [0.05, 0.1) is 11.9 Å². The highest BCUT2D eigenvalue weighted by Crippen LogP contribution is 2.41. The molecule has 0 amide bonds. The number of nitrogens with one attached hydrogen (secondary N) is 1. The Balaban J connectivity index is 1.94. The number of aliphatic imine (C=N–C) groups is 1. The molecule has 0 saturated carbocycles. The van der Waals surface area contributed by atoms with Gasteiger partial charge in [-0.05, 0) is 18.9 Å². The molecule has 4 aliphatic heterocycles. The van der Waals surface area contributed by atoms with Crippen LogP contribution in [-0.2, 0) is 4.79 Å². The molecule has 3 unspecified atom stereocenters. The van der Waals surface area contributed by atoms with Gasteiger partial charge in [0.1, 0.15) is 17.1 Å². The number of carboxylic acids is 1. The number of nitrogens with zero attached hydrogens (tertiary/aromatic N) is 3.